The summed E-state index contributed by atoms with van der Waals surface area (Å²) < 4.78 is 51.2. The molecule has 0 amide bonds. The molecule has 0 spiro atoms. The highest BCUT2D eigenvalue weighted by Crippen LogP contribution is 2.28. The number of aldehydes is 1. The van der Waals surface area contributed by atoms with Crippen LogP contribution in [-0.4, -0.2) is 16.1 Å². The van der Waals surface area contributed by atoms with E-state index in [0.29, 0.717) is 0 Å². The molecule has 3 nitrogen and oxygen atoms in total. The Bertz CT molecular complexity index is 589. The summed E-state index contributed by atoms with van der Waals surface area (Å²) in [5.41, 5.74) is -1.49. The second-order valence-electron chi connectivity index (χ2n) is 3.43. The second kappa shape index (κ2) is 4.25. The van der Waals surface area contributed by atoms with Crippen molar-refractivity contribution in [3.05, 3.63) is 47.5 Å². The molecule has 94 valence electrons. The Balaban J connectivity index is 2.53. The van der Waals surface area contributed by atoms with E-state index in [1.54, 1.807) is 0 Å². The smallest absolute Gasteiger partial charge is 0.298 e. The van der Waals surface area contributed by atoms with E-state index >= 15 is 0 Å². The maximum Gasteiger partial charge on any atom is 0.435 e. The van der Waals surface area contributed by atoms with Gasteiger partial charge in [-0.1, -0.05) is 6.07 Å². The van der Waals surface area contributed by atoms with Crippen LogP contribution in [0, 0.1) is 5.82 Å². The highest BCUT2D eigenvalue weighted by atomic mass is 19.4. The number of carbonyl (C=O) groups excluding carboxylic acids is 1. The number of aromatic nitrogens is 2. The Labute approximate surface area is 98.6 Å². The number of hydrogen-bond donors (Lipinski definition) is 0. The van der Waals surface area contributed by atoms with Crippen molar-refractivity contribution >= 4 is 6.29 Å². The largest absolute Gasteiger partial charge is 0.435 e. The molecule has 0 aliphatic heterocycles. The number of rotatable bonds is 2. The summed E-state index contributed by atoms with van der Waals surface area (Å²) in [6.45, 7) is 0. The Hall–Kier alpha value is -2.18. The van der Waals surface area contributed by atoms with Crippen LogP contribution in [0.25, 0.3) is 5.69 Å². The lowest BCUT2D eigenvalue weighted by atomic mass is 10.2. The van der Waals surface area contributed by atoms with Crippen LogP contribution in [0.4, 0.5) is 17.6 Å². The van der Waals surface area contributed by atoms with Crippen LogP contribution in [-0.2, 0) is 6.18 Å². The third-order valence-electron chi connectivity index (χ3n) is 2.27. The van der Waals surface area contributed by atoms with Gasteiger partial charge in [0, 0.05) is 6.20 Å². The van der Waals surface area contributed by atoms with Crippen LogP contribution < -0.4 is 0 Å². The Morgan fingerprint density at radius 1 is 1.22 bits per heavy atom. The molecule has 18 heavy (non-hydrogen) atoms. The lowest BCUT2D eigenvalue weighted by Gasteiger charge is -2.06. The van der Waals surface area contributed by atoms with Gasteiger partial charge in [0.2, 0.25) is 0 Å². The van der Waals surface area contributed by atoms with Gasteiger partial charge < -0.3 is 0 Å². The summed E-state index contributed by atoms with van der Waals surface area (Å²) in [5.74, 6) is -0.813. The first-order chi connectivity index (χ1) is 8.43. The first kappa shape index (κ1) is 12.3. The molecular weight excluding hydrogens is 252 g/mol. The molecule has 0 aliphatic rings. The molecule has 0 bridgehead atoms. The van der Waals surface area contributed by atoms with Gasteiger partial charge in [0.15, 0.2) is 12.0 Å². The van der Waals surface area contributed by atoms with Crippen molar-refractivity contribution in [2.24, 2.45) is 0 Å². The second-order valence-corrected chi connectivity index (χ2v) is 3.43. The normalized spacial score (nSPS) is 11.6. The fraction of sp³-hybridized carbons (Fsp3) is 0.0909. The summed E-state index contributed by atoms with van der Waals surface area (Å²) in [4.78, 5) is 10.7. The van der Waals surface area contributed by atoms with E-state index in [9.17, 15) is 22.4 Å². The van der Waals surface area contributed by atoms with Gasteiger partial charge in [0.1, 0.15) is 5.82 Å². The minimum atomic E-state index is -4.58. The van der Waals surface area contributed by atoms with Crippen LogP contribution in [0.2, 0.25) is 0 Å². The van der Waals surface area contributed by atoms with Gasteiger partial charge in [0.05, 0.1) is 11.3 Å². The number of nitrogens with zero attached hydrogens (tertiary/aromatic N) is 2. The summed E-state index contributed by atoms with van der Waals surface area (Å²) >= 11 is 0. The third-order valence-corrected chi connectivity index (χ3v) is 2.27. The van der Waals surface area contributed by atoms with Crippen LogP contribution in [0.1, 0.15) is 16.1 Å². The van der Waals surface area contributed by atoms with E-state index in [1.807, 2.05) is 0 Å². The van der Waals surface area contributed by atoms with Crippen molar-refractivity contribution in [1.82, 2.24) is 9.78 Å². The standard InChI is InChI=1S/C11H6F4N2O/c12-8-2-1-3-9(7(8)6-18)17-5-4-10(16-17)11(13,14)15/h1-6H. The predicted molar refractivity (Wildman–Crippen MR) is 53.9 cm³/mol. The predicted octanol–water partition coefficient (Wildman–Crippen LogP) is 2.84. The van der Waals surface area contributed by atoms with E-state index in [2.05, 4.69) is 5.10 Å². The number of alkyl halides is 3. The SMILES string of the molecule is O=Cc1c(F)cccc1-n1ccc(C(F)(F)F)n1. The number of benzene rings is 1. The van der Waals surface area contributed by atoms with Gasteiger partial charge in [-0.25, -0.2) is 9.07 Å². The summed E-state index contributed by atoms with van der Waals surface area (Å²) in [5, 5.41) is 3.27. The molecule has 0 N–H and O–H groups in total. The minimum absolute atomic E-state index is 0.0412. The fourth-order valence-corrected chi connectivity index (χ4v) is 1.45. The lowest BCUT2D eigenvalue weighted by molar-refractivity contribution is -0.141. The number of halogens is 4. The van der Waals surface area contributed by atoms with E-state index in [1.165, 1.54) is 12.1 Å². The average molecular weight is 258 g/mol. The highest BCUT2D eigenvalue weighted by molar-refractivity contribution is 5.81. The first-order valence-corrected chi connectivity index (χ1v) is 4.80. The van der Waals surface area contributed by atoms with Crippen LogP contribution in [0.3, 0.4) is 0 Å². The molecule has 2 rings (SSSR count). The molecule has 0 saturated carbocycles. The molecule has 0 saturated heterocycles. The molecular formula is C11H6F4N2O. The molecule has 2 aromatic rings. The van der Waals surface area contributed by atoms with Crippen molar-refractivity contribution in [3.63, 3.8) is 0 Å². The molecule has 1 aromatic heterocycles. The van der Waals surface area contributed by atoms with Crippen molar-refractivity contribution < 1.29 is 22.4 Å². The van der Waals surface area contributed by atoms with Crippen molar-refractivity contribution in [3.8, 4) is 5.69 Å². The van der Waals surface area contributed by atoms with Gasteiger partial charge in [-0.2, -0.15) is 18.3 Å². The zero-order valence-electron chi connectivity index (χ0n) is 8.78. The molecule has 0 aliphatic carbocycles. The highest BCUT2D eigenvalue weighted by Gasteiger charge is 2.33. The Morgan fingerprint density at radius 2 is 1.94 bits per heavy atom. The summed E-state index contributed by atoms with van der Waals surface area (Å²) in [6, 6.07) is 4.38. The van der Waals surface area contributed by atoms with E-state index in [0.717, 1.165) is 23.0 Å². The van der Waals surface area contributed by atoms with Crippen molar-refractivity contribution in [1.29, 1.82) is 0 Å². The Morgan fingerprint density at radius 3 is 2.50 bits per heavy atom. The molecule has 0 fully saturated rings. The van der Waals surface area contributed by atoms with E-state index in [-0.39, 0.29) is 17.5 Å². The summed E-state index contributed by atoms with van der Waals surface area (Å²) in [6.07, 6.45) is -3.33. The molecule has 0 atom stereocenters. The van der Waals surface area contributed by atoms with Gasteiger partial charge in [-0.15, -0.1) is 0 Å². The van der Waals surface area contributed by atoms with Gasteiger partial charge in [0.25, 0.3) is 0 Å². The third kappa shape index (κ3) is 2.11. The lowest BCUT2D eigenvalue weighted by Crippen LogP contribution is -2.08. The monoisotopic (exact) mass is 258 g/mol. The van der Waals surface area contributed by atoms with Crippen molar-refractivity contribution in [2.75, 3.05) is 0 Å². The maximum absolute atomic E-state index is 13.3. The zero-order chi connectivity index (χ0) is 13.3. The van der Waals surface area contributed by atoms with Crippen molar-refractivity contribution in [2.45, 2.75) is 6.18 Å². The maximum atomic E-state index is 13.3. The summed E-state index contributed by atoms with van der Waals surface area (Å²) in [7, 11) is 0. The first-order valence-electron chi connectivity index (χ1n) is 4.80. The average Bonchev–Trinajstić information content (AvgIpc) is 2.77. The minimum Gasteiger partial charge on any atom is -0.298 e. The van der Waals surface area contributed by atoms with Gasteiger partial charge in [-0.05, 0) is 18.2 Å². The van der Waals surface area contributed by atoms with E-state index in [4.69, 9.17) is 0 Å². The zero-order valence-corrected chi connectivity index (χ0v) is 8.78. The van der Waals surface area contributed by atoms with Crippen LogP contribution in [0.15, 0.2) is 30.5 Å². The van der Waals surface area contributed by atoms with Crippen LogP contribution in [0.5, 0.6) is 0 Å². The van der Waals surface area contributed by atoms with Crippen LogP contribution >= 0.6 is 0 Å². The fourth-order valence-electron chi connectivity index (χ4n) is 1.45. The molecule has 0 unspecified atom stereocenters. The van der Waals surface area contributed by atoms with E-state index < -0.39 is 17.7 Å². The number of hydrogen-bond acceptors (Lipinski definition) is 2. The van der Waals surface area contributed by atoms with Gasteiger partial charge in [-0.3, -0.25) is 4.79 Å². The molecule has 1 heterocycles. The quantitative estimate of drug-likeness (QED) is 0.613. The van der Waals surface area contributed by atoms with Gasteiger partial charge >= 0.3 is 6.18 Å². The molecule has 1 aromatic carbocycles. The Kier molecular flexibility index (Phi) is 2.90. The topological polar surface area (TPSA) is 34.9 Å². The molecule has 0 radical (unpaired) electrons. The number of carbonyl (C=O) groups is 1. The molecule has 7 heteroatoms.